The Kier molecular flexibility index (Phi) is 1.96. The number of likely N-dealkylation sites (tertiary alicyclic amines) is 1. The van der Waals surface area contributed by atoms with Crippen molar-refractivity contribution >= 4 is 0 Å². The third kappa shape index (κ3) is 1.43. The summed E-state index contributed by atoms with van der Waals surface area (Å²) in [6, 6.07) is 0. The van der Waals surface area contributed by atoms with Crippen LogP contribution in [0.25, 0.3) is 0 Å². The predicted molar refractivity (Wildman–Crippen MR) is 60.0 cm³/mol. The van der Waals surface area contributed by atoms with Gasteiger partial charge in [0.2, 0.25) is 0 Å². The standard InChI is InChI=1S/C13H19NO/c1-10-12-8-13(7-11(12)9-15-10)3-5-14(2)6-4-13/h9H,3-8H2,1-2H3. The Morgan fingerprint density at radius 1 is 1.27 bits per heavy atom. The van der Waals surface area contributed by atoms with Gasteiger partial charge in [-0.05, 0) is 69.3 Å². The van der Waals surface area contributed by atoms with Crippen LogP contribution in [0.4, 0.5) is 0 Å². The van der Waals surface area contributed by atoms with Gasteiger partial charge in [0.05, 0.1) is 6.26 Å². The Bertz CT molecular complexity index is 372. The summed E-state index contributed by atoms with van der Waals surface area (Å²) in [6.07, 6.45) is 7.22. The number of hydrogen-bond acceptors (Lipinski definition) is 2. The maximum atomic E-state index is 5.48. The van der Waals surface area contributed by atoms with Gasteiger partial charge in [-0.25, -0.2) is 0 Å². The normalized spacial score (nSPS) is 24.7. The highest BCUT2D eigenvalue weighted by atomic mass is 16.3. The average Bonchev–Trinajstić information content (AvgIpc) is 2.73. The van der Waals surface area contributed by atoms with E-state index in [0.717, 1.165) is 5.76 Å². The first-order chi connectivity index (χ1) is 7.19. The molecule has 2 heterocycles. The van der Waals surface area contributed by atoms with Crippen molar-refractivity contribution in [2.45, 2.75) is 32.6 Å². The fourth-order valence-electron chi connectivity index (χ4n) is 3.20. The molecule has 0 aromatic carbocycles. The minimum absolute atomic E-state index is 0.582. The lowest BCUT2D eigenvalue weighted by Gasteiger charge is -2.37. The number of furan rings is 1. The summed E-state index contributed by atoms with van der Waals surface area (Å²) in [7, 11) is 2.23. The van der Waals surface area contributed by atoms with Crippen LogP contribution in [0.2, 0.25) is 0 Å². The van der Waals surface area contributed by atoms with E-state index < -0.39 is 0 Å². The van der Waals surface area contributed by atoms with Crippen molar-refractivity contribution in [3.8, 4) is 0 Å². The molecule has 0 amide bonds. The monoisotopic (exact) mass is 205 g/mol. The minimum atomic E-state index is 0.582. The molecule has 0 bridgehead atoms. The van der Waals surface area contributed by atoms with Crippen molar-refractivity contribution < 1.29 is 4.42 Å². The van der Waals surface area contributed by atoms with E-state index in [2.05, 4.69) is 18.9 Å². The Morgan fingerprint density at radius 2 is 2.00 bits per heavy atom. The maximum Gasteiger partial charge on any atom is 0.104 e. The predicted octanol–water partition coefficient (Wildman–Crippen LogP) is 2.40. The van der Waals surface area contributed by atoms with E-state index in [1.807, 2.05) is 6.26 Å². The molecule has 0 N–H and O–H groups in total. The highest BCUT2D eigenvalue weighted by molar-refractivity contribution is 5.35. The molecule has 82 valence electrons. The molecule has 0 atom stereocenters. The van der Waals surface area contributed by atoms with Gasteiger partial charge in [-0.15, -0.1) is 0 Å². The van der Waals surface area contributed by atoms with Crippen molar-refractivity contribution in [3.63, 3.8) is 0 Å². The van der Waals surface area contributed by atoms with Crippen molar-refractivity contribution in [2.75, 3.05) is 20.1 Å². The molecule has 2 aliphatic rings. The average molecular weight is 205 g/mol. The zero-order chi connectivity index (χ0) is 10.5. The second-order valence-electron chi connectivity index (χ2n) is 5.45. The molecular weight excluding hydrogens is 186 g/mol. The number of piperidine rings is 1. The summed E-state index contributed by atoms with van der Waals surface area (Å²) >= 11 is 0. The van der Waals surface area contributed by atoms with E-state index in [-0.39, 0.29) is 0 Å². The molecule has 2 nitrogen and oxygen atoms in total. The van der Waals surface area contributed by atoms with Crippen molar-refractivity contribution in [2.24, 2.45) is 5.41 Å². The summed E-state index contributed by atoms with van der Waals surface area (Å²) in [5.74, 6) is 1.15. The molecule has 1 aliphatic heterocycles. The molecule has 1 spiro atoms. The second-order valence-corrected chi connectivity index (χ2v) is 5.45. The van der Waals surface area contributed by atoms with Gasteiger partial charge in [0.1, 0.15) is 5.76 Å². The quantitative estimate of drug-likeness (QED) is 0.646. The Hall–Kier alpha value is -0.760. The van der Waals surface area contributed by atoms with E-state index >= 15 is 0 Å². The molecule has 15 heavy (non-hydrogen) atoms. The maximum absolute atomic E-state index is 5.48. The zero-order valence-electron chi connectivity index (χ0n) is 9.68. The highest BCUT2D eigenvalue weighted by Gasteiger charge is 2.40. The van der Waals surface area contributed by atoms with Crippen LogP contribution in [0, 0.1) is 12.3 Å². The molecule has 1 aliphatic carbocycles. The van der Waals surface area contributed by atoms with Crippen LogP contribution in [0.1, 0.15) is 29.7 Å². The molecule has 3 rings (SSSR count). The molecule has 1 saturated heterocycles. The zero-order valence-corrected chi connectivity index (χ0v) is 9.68. The summed E-state index contributed by atoms with van der Waals surface area (Å²) in [5, 5.41) is 0. The van der Waals surface area contributed by atoms with Gasteiger partial charge < -0.3 is 9.32 Å². The lowest BCUT2D eigenvalue weighted by atomic mass is 9.76. The highest BCUT2D eigenvalue weighted by Crippen LogP contribution is 2.45. The summed E-state index contributed by atoms with van der Waals surface area (Å²) in [5.41, 5.74) is 3.58. The van der Waals surface area contributed by atoms with Crippen LogP contribution in [0.15, 0.2) is 10.7 Å². The molecule has 1 fully saturated rings. The van der Waals surface area contributed by atoms with Crippen LogP contribution in [-0.4, -0.2) is 25.0 Å². The smallest absolute Gasteiger partial charge is 0.104 e. The largest absolute Gasteiger partial charge is 0.469 e. The second kappa shape index (κ2) is 3.11. The van der Waals surface area contributed by atoms with Crippen LogP contribution in [0.5, 0.6) is 0 Å². The van der Waals surface area contributed by atoms with Crippen LogP contribution >= 0.6 is 0 Å². The summed E-state index contributed by atoms with van der Waals surface area (Å²) < 4.78 is 5.48. The molecule has 1 aromatic heterocycles. The van der Waals surface area contributed by atoms with Gasteiger partial charge in [-0.1, -0.05) is 0 Å². The van der Waals surface area contributed by atoms with Gasteiger partial charge in [0.15, 0.2) is 0 Å². The molecule has 0 radical (unpaired) electrons. The lowest BCUT2D eigenvalue weighted by molar-refractivity contribution is 0.130. The number of nitrogens with zero attached hydrogens (tertiary/aromatic N) is 1. The summed E-state index contributed by atoms with van der Waals surface area (Å²) in [6.45, 7) is 4.63. The summed E-state index contributed by atoms with van der Waals surface area (Å²) in [4.78, 5) is 2.45. The van der Waals surface area contributed by atoms with Gasteiger partial charge >= 0.3 is 0 Å². The van der Waals surface area contributed by atoms with E-state index in [4.69, 9.17) is 4.42 Å². The van der Waals surface area contributed by atoms with E-state index in [9.17, 15) is 0 Å². The fraction of sp³-hybridized carbons (Fsp3) is 0.692. The fourth-order valence-corrected chi connectivity index (χ4v) is 3.20. The van der Waals surface area contributed by atoms with Crippen molar-refractivity contribution in [3.05, 3.63) is 23.2 Å². The number of hydrogen-bond donors (Lipinski definition) is 0. The first-order valence-electron chi connectivity index (χ1n) is 5.93. The molecule has 2 heteroatoms. The number of aryl methyl sites for hydroxylation is 1. The van der Waals surface area contributed by atoms with Crippen LogP contribution in [-0.2, 0) is 12.8 Å². The molecule has 1 aromatic rings. The molecule has 0 unspecified atom stereocenters. The minimum Gasteiger partial charge on any atom is -0.469 e. The Labute approximate surface area is 91.3 Å². The molecular formula is C13H19NO. The van der Waals surface area contributed by atoms with E-state index in [0.29, 0.717) is 5.41 Å². The van der Waals surface area contributed by atoms with Gasteiger partial charge in [0.25, 0.3) is 0 Å². The number of rotatable bonds is 0. The third-order valence-electron chi connectivity index (χ3n) is 4.36. The molecule has 0 saturated carbocycles. The van der Waals surface area contributed by atoms with Crippen molar-refractivity contribution in [1.29, 1.82) is 0 Å². The Balaban J connectivity index is 1.83. The van der Waals surface area contributed by atoms with Crippen molar-refractivity contribution in [1.82, 2.24) is 4.90 Å². The van der Waals surface area contributed by atoms with Gasteiger partial charge in [-0.2, -0.15) is 0 Å². The topological polar surface area (TPSA) is 16.4 Å². The van der Waals surface area contributed by atoms with Crippen LogP contribution < -0.4 is 0 Å². The van der Waals surface area contributed by atoms with E-state index in [1.165, 1.54) is 49.9 Å². The number of fused-ring (bicyclic) bond motifs is 1. The van der Waals surface area contributed by atoms with E-state index in [1.54, 1.807) is 0 Å². The van der Waals surface area contributed by atoms with Crippen LogP contribution in [0.3, 0.4) is 0 Å². The first-order valence-corrected chi connectivity index (χ1v) is 5.93. The third-order valence-corrected chi connectivity index (χ3v) is 4.36. The van der Waals surface area contributed by atoms with Gasteiger partial charge in [0, 0.05) is 0 Å². The SMILES string of the molecule is Cc1occ2c1CC1(CCN(C)CC1)C2. The lowest BCUT2D eigenvalue weighted by Crippen LogP contribution is -2.38. The Morgan fingerprint density at radius 3 is 2.67 bits per heavy atom. The van der Waals surface area contributed by atoms with Gasteiger partial charge in [-0.3, -0.25) is 0 Å². The first kappa shape index (κ1) is 9.46.